The van der Waals surface area contributed by atoms with Crippen LogP contribution in [-0.2, 0) is 0 Å². The number of nitrogens with one attached hydrogen (secondary N) is 2. The van der Waals surface area contributed by atoms with E-state index in [9.17, 15) is 0 Å². The lowest BCUT2D eigenvalue weighted by Gasteiger charge is -2.22. The van der Waals surface area contributed by atoms with E-state index in [1.807, 2.05) is 12.1 Å². The summed E-state index contributed by atoms with van der Waals surface area (Å²) >= 11 is 0. The molecule has 0 spiro atoms. The molecule has 0 bridgehead atoms. The average molecular weight is 453 g/mol. The smallest absolute Gasteiger partial charge is 0.142 e. The molecule has 0 atom stereocenters. The molecule has 4 heteroatoms. The van der Waals surface area contributed by atoms with Gasteiger partial charge in [-0.25, -0.2) is 0 Å². The van der Waals surface area contributed by atoms with E-state index in [1.165, 1.54) is 22.3 Å². The van der Waals surface area contributed by atoms with E-state index < -0.39 is 0 Å². The zero-order valence-corrected chi connectivity index (χ0v) is 20.7. The quantitative estimate of drug-likeness (QED) is 0.297. The third-order valence-electron chi connectivity index (χ3n) is 6.04. The van der Waals surface area contributed by atoms with Crippen LogP contribution in [0.4, 0.5) is 22.7 Å². The first-order valence-electron chi connectivity index (χ1n) is 11.4. The molecule has 0 amide bonds. The lowest BCUT2D eigenvalue weighted by Crippen LogP contribution is -2.02. The fourth-order valence-corrected chi connectivity index (χ4v) is 4.34. The average Bonchev–Trinajstić information content (AvgIpc) is 2.81. The minimum absolute atomic E-state index is 0.811. The summed E-state index contributed by atoms with van der Waals surface area (Å²) < 4.78 is 11.2. The van der Waals surface area contributed by atoms with Gasteiger partial charge in [-0.1, -0.05) is 36.4 Å². The van der Waals surface area contributed by atoms with Gasteiger partial charge in [0.25, 0.3) is 0 Å². The summed E-state index contributed by atoms with van der Waals surface area (Å²) in [7, 11) is 3.40. The van der Waals surface area contributed by atoms with Crippen molar-refractivity contribution >= 4 is 22.7 Å². The minimum atomic E-state index is 0.811. The largest absolute Gasteiger partial charge is 0.495 e. The monoisotopic (exact) mass is 452 g/mol. The molecule has 4 aromatic carbocycles. The zero-order chi connectivity index (χ0) is 24.2. The van der Waals surface area contributed by atoms with Gasteiger partial charge in [0.05, 0.1) is 25.6 Å². The van der Waals surface area contributed by atoms with Crippen LogP contribution < -0.4 is 20.1 Å². The number of anilines is 4. The maximum atomic E-state index is 5.62. The van der Waals surface area contributed by atoms with Crippen molar-refractivity contribution < 1.29 is 9.47 Å². The van der Waals surface area contributed by atoms with Crippen LogP contribution in [0.25, 0.3) is 11.1 Å². The summed E-state index contributed by atoms with van der Waals surface area (Å²) in [6.07, 6.45) is 0. The molecule has 0 saturated carbocycles. The van der Waals surface area contributed by atoms with Gasteiger partial charge in [0.1, 0.15) is 11.5 Å². The number of rotatable bonds is 7. The van der Waals surface area contributed by atoms with Gasteiger partial charge in [-0.15, -0.1) is 0 Å². The van der Waals surface area contributed by atoms with Gasteiger partial charge in [0.2, 0.25) is 0 Å². The first-order valence-corrected chi connectivity index (χ1v) is 11.4. The Morgan fingerprint density at radius 3 is 1.29 bits per heavy atom. The van der Waals surface area contributed by atoms with Crippen LogP contribution >= 0.6 is 0 Å². The van der Waals surface area contributed by atoms with Gasteiger partial charge in [-0.3, -0.25) is 0 Å². The molecular weight excluding hydrogens is 420 g/mol. The Bertz CT molecular complexity index is 1220. The third kappa shape index (κ3) is 4.72. The first kappa shape index (κ1) is 23.2. The second kappa shape index (κ2) is 9.92. The second-order valence-electron chi connectivity index (χ2n) is 8.65. The molecule has 0 aliphatic heterocycles. The summed E-state index contributed by atoms with van der Waals surface area (Å²) in [5.41, 5.74) is 10.9. The molecule has 4 aromatic rings. The normalized spacial score (nSPS) is 10.6. The van der Waals surface area contributed by atoms with Gasteiger partial charge >= 0.3 is 0 Å². The highest BCUT2D eigenvalue weighted by atomic mass is 16.5. The van der Waals surface area contributed by atoms with Crippen molar-refractivity contribution in [1.29, 1.82) is 0 Å². The number of ether oxygens (including phenoxy) is 2. The molecule has 4 rings (SSSR count). The molecule has 2 N–H and O–H groups in total. The van der Waals surface area contributed by atoms with Crippen LogP contribution in [-0.4, -0.2) is 14.2 Å². The van der Waals surface area contributed by atoms with Gasteiger partial charge in [-0.05, 0) is 86.3 Å². The van der Waals surface area contributed by atoms with Crippen molar-refractivity contribution in [3.8, 4) is 22.6 Å². The number of benzene rings is 4. The molecular formula is C30H32N2O2. The summed E-state index contributed by atoms with van der Waals surface area (Å²) in [6.45, 7) is 8.47. The van der Waals surface area contributed by atoms with Crippen LogP contribution in [0.5, 0.6) is 11.5 Å². The van der Waals surface area contributed by atoms with Crippen molar-refractivity contribution in [2.24, 2.45) is 0 Å². The van der Waals surface area contributed by atoms with Crippen molar-refractivity contribution in [2.45, 2.75) is 27.7 Å². The van der Waals surface area contributed by atoms with E-state index in [0.29, 0.717) is 0 Å². The number of hydrogen-bond donors (Lipinski definition) is 2. The van der Waals surface area contributed by atoms with Crippen LogP contribution in [0.15, 0.2) is 72.8 Å². The van der Waals surface area contributed by atoms with Gasteiger partial charge in [0.15, 0.2) is 0 Å². The highest BCUT2D eigenvalue weighted by Gasteiger charge is 2.17. The Morgan fingerprint density at radius 2 is 0.912 bits per heavy atom. The molecule has 0 fully saturated rings. The summed E-state index contributed by atoms with van der Waals surface area (Å²) in [5.74, 6) is 1.62. The molecule has 0 radical (unpaired) electrons. The van der Waals surface area contributed by atoms with E-state index in [4.69, 9.17) is 9.47 Å². The van der Waals surface area contributed by atoms with E-state index in [2.05, 4.69) is 99.0 Å². The zero-order valence-electron chi connectivity index (χ0n) is 20.7. The predicted molar refractivity (Wildman–Crippen MR) is 143 cm³/mol. The second-order valence-corrected chi connectivity index (χ2v) is 8.65. The molecule has 0 saturated heterocycles. The van der Waals surface area contributed by atoms with Gasteiger partial charge in [-0.2, -0.15) is 0 Å². The standard InChI is InChI=1S/C30H32N2O2/c1-19-13-15-27(33-5)25(17-19)31-23-11-7-9-21(3)29(23)30-22(4)10-8-12-24(30)32-26-18-20(2)14-16-28(26)34-6/h7-18,31-32H,1-6H3. The Balaban J connectivity index is 1.86. The first-order chi connectivity index (χ1) is 16.4. The summed E-state index contributed by atoms with van der Waals surface area (Å²) in [4.78, 5) is 0. The maximum Gasteiger partial charge on any atom is 0.142 e. The molecule has 0 aliphatic carbocycles. The molecule has 0 aliphatic rings. The number of methoxy groups -OCH3 is 2. The highest BCUT2D eigenvalue weighted by molar-refractivity contribution is 5.93. The fourth-order valence-electron chi connectivity index (χ4n) is 4.34. The maximum absolute atomic E-state index is 5.62. The molecule has 0 heterocycles. The van der Waals surface area contributed by atoms with Crippen LogP contribution in [0.2, 0.25) is 0 Å². The van der Waals surface area contributed by atoms with Crippen molar-refractivity contribution in [3.05, 3.63) is 95.1 Å². The molecule has 0 aromatic heterocycles. The Morgan fingerprint density at radius 1 is 0.500 bits per heavy atom. The highest BCUT2D eigenvalue weighted by Crippen LogP contribution is 2.42. The minimum Gasteiger partial charge on any atom is -0.495 e. The lowest BCUT2D eigenvalue weighted by atomic mass is 9.93. The van der Waals surface area contributed by atoms with Crippen LogP contribution in [0, 0.1) is 27.7 Å². The van der Waals surface area contributed by atoms with Crippen molar-refractivity contribution in [3.63, 3.8) is 0 Å². The molecule has 34 heavy (non-hydrogen) atoms. The Kier molecular flexibility index (Phi) is 6.78. The summed E-state index contributed by atoms with van der Waals surface area (Å²) in [5, 5.41) is 7.29. The van der Waals surface area contributed by atoms with Crippen molar-refractivity contribution in [1.82, 2.24) is 0 Å². The molecule has 4 nitrogen and oxygen atoms in total. The molecule has 174 valence electrons. The number of hydrogen-bond acceptors (Lipinski definition) is 4. The summed E-state index contributed by atoms with van der Waals surface area (Å²) in [6, 6.07) is 25.0. The topological polar surface area (TPSA) is 42.5 Å². The molecule has 0 unspecified atom stereocenters. The van der Waals surface area contributed by atoms with Crippen LogP contribution in [0.1, 0.15) is 22.3 Å². The Hall–Kier alpha value is -3.92. The lowest BCUT2D eigenvalue weighted by molar-refractivity contribution is 0.416. The van der Waals surface area contributed by atoms with Crippen molar-refractivity contribution in [2.75, 3.05) is 24.9 Å². The van der Waals surface area contributed by atoms with E-state index >= 15 is 0 Å². The van der Waals surface area contributed by atoms with Gasteiger partial charge in [0, 0.05) is 22.5 Å². The van der Waals surface area contributed by atoms with Crippen LogP contribution in [0.3, 0.4) is 0 Å². The predicted octanol–water partition coefficient (Wildman–Crippen LogP) is 8.09. The van der Waals surface area contributed by atoms with E-state index in [0.717, 1.165) is 45.4 Å². The number of aryl methyl sites for hydroxylation is 4. The SMILES string of the molecule is COc1ccc(C)cc1Nc1cccc(C)c1-c1c(C)cccc1Nc1cc(C)ccc1OC. The fraction of sp³-hybridized carbons (Fsp3) is 0.200. The Labute approximate surface area is 202 Å². The third-order valence-corrected chi connectivity index (χ3v) is 6.04. The van der Waals surface area contributed by atoms with Gasteiger partial charge < -0.3 is 20.1 Å². The van der Waals surface area contributed by atoms with E-state index in [-0.39, 0.29) is 0 Å². The van der Waals surface area contributed by atoms with E-state index in [1.54, 1.807) is 14.2 Å².